The van der Waals surface area contributed by atoms with Crippen molar-refractivity contribution in [3.63, 3.8) is 0 Å². The predicted molar refractivity (Wildman–Crippen MR) is 55.7 cm³/mol. The van der Waals surface area contributed by atoms with E-state index in [4.69, 9.17) is 0 Å². The van der Waals surface area contributed by atoms with Crippen LogP contribution < -0.4 is 5.32 Å². The maximum atomic E-state index is 12.7. The lowest BCUT2D eigenvalue weighted by Gasteiger charge is -2.42. The fraction of sp³-hybridized carbons (Fsp3) is 0.500. The Kier molecular flexibility index (Phi) is 2.55. The summed E-state index contributed by atoms with van der Waals surface area (Å²) in [5.74, 6) is -0.147. The lowest BCUT2D eigenvalue weighted by Crippen LogP contribution is -2.54. The summed E-state index contributed by atoms with van der Waals surface area (Å²) in [5.41, 5.74) is 1.67. The van der Waals surface area contributed by atoms with Crippen molar-refractivity contribution in [2.75, 3.05) is 13.1 Å². The molecule has 0 atom stereocenters. The molecule has 0 radical (unpaired) electrons. The van der Waals surface area contributed by atoms with Gasteiger partial charge >= 0.3 is 0 Å². The SMILES string of the molecule is CCC1(Cc2ccc(F)cc2)CNC1. The molecule has 2 heteroatoms. The molecule has 0 aliphatic carbocycles. The summed E-state index contributed by atoms with van der Waals surface area (Å²) in [6.45, 7) is 4.42. The first-order valence-electron chi connectivity index (χ1n) is 5.19. The molecule has 1 aromatic carbocycles. The highest BCUT2D eigenvalue weighted by Crippen LogP contribution is 2.31. The molecule has 1 heterocycles. The molecule has 1 aromatic rings. The number of nitrogens with one attached hydrogen (secondary N) is 1. The zero-order valence-corrected chi connectivity index (χ0v) is 8.52. The molecule has 1 nitrogen and oxygen atoms in total. The first kappa shape index (κ1) is 9.66. The summed E-state index contributed by atoms with van der Waals surface area (Å²) in [6.07, 6.45) is 2.26. The summed E-state index contributed by atoms with van der Waals surface area (Å²) in [4.78, 5) is 0. The van der Waals surface area contributed by atoms with Crippen LogP contribution in [-0.4, -0.2) is 13.1 Å². The quantitative estimate of drug-likeness (QED) is 0.777. The molecule has 0 spiro atoms. The minimum absolute atomic E-state index is 0.147. The topological polar surface area (TPSA) is 12.0 Å². The average molecular weight is 193 g/mol. The fourth-order valence-corrected chi connectivity index (χ4v) is 2.01. The van der Waals surface area contributed by atoms with E-state index < -0.39 is 0 Å². The molecule has 0 aromatic heterocycles. The molecule has 1 fully saturated rings. The van der Waals surface area contributed by atoms with Crippen LogP contribution in [-0.2, 0) is 6.42 Å². The van der Waals surface area contributed by atoms with Crippen molar-refractivity contribution >= 4 is 0 Å². The van der Waals surface area contributed by atoms with Crippen molar-refractivity contribution in [2.45, 2.75) is 19.8 Å². The second-order valence-corrected chi connectivity index (χ2v) is 4.26. The van der Waals surface area contributed by atoms with Gasteiger partial charge in [0.05, 0.1) is 0 Å². The van der Waals surface area contributed by atoms with Gasteiger partial charge < -0.3 is 5.32 Å². The Balaban J connectivity index is 2.06. The highest BCUT2D eigenvalue weighted by atomic mass is 19.1. The van der Waals surface area contributed by atoms with Crippen molar-refractivity contribution in [2.24, 2.45) is 5.41 Å². The van der Waals surface area contributed by atoms with E-state index in [2.05, 4.69) is 12.2 Å². The number of halogens is 1. The summed E-state index contributed by atoms with van der Waals surface area (Å²) >= 11 is 0. The van der Waals surface area contributed by atoms with E-state index in [9.17, 15) is 4.39 Å². The van der Waals surface area contributed by atoms with Crippen molar-refractivity contribution in [3.05, 3.63) is 35.6 Å². The fourth-order valence-electron chi connectivity index (χ4n) is 2.01. The molecule has 14 heavy (non-hydrogen) atoms. The number of hydrogen-bond donors (Lipinski definition) is 1. The van der Waals surface area contributed by atoms with E-state index >= 15 is 0 Å². The van der Waals surface area contributed by atoms with Gasteiger partial charge in [-0.25, -0.2) is 4.39 Å². The number of benzene rings is 1. The highest BCUT2D eigenvalue weighted by molar-refractivity contribution is 5.19. The third kappa shape index (κ3) is 1.80. The van der Waals surface area contributed by atoms with Gasteiger partial charge in [-0.05, 0) is 36.0 Å². The first-order valence-corrected chi connectivity index (χ1v) is 5.19. The van der Waals surface area contributed by atoms with Crippen LogP contribution >= 0.6 is 0 Å². The Morgan fingerprint density at radius 3 is 2.36 bits per heavy atom. The van der Waals surface area contributed by atoms with Gasteiger partial charge in [0.25, 0.3) is 0 Å². The summed E-state index contributed by atoms with van der Waals surface area (Å²) in [5, 5.41) is 3.31. The van der Waals surface area contributed by atoms with Crippen LogP contribution in [0.4, 0.5) is 4.39 Å². The van der Waals surface area contributed by atoms with Crippen LogP contribution in [0.2, 0.25) is 0 Å². The van der Waals surface area contributed by atoms with Gasteiger partial charge in [-0.1, -0.05) is 19.1 Å². The summed E-state index contributed by atoms with van der Waals surface area (Å²) in [6, 6.07) is 6.88. The molecular weight excluding hydrogens is 177 g/mol. The smallest absolute Gasteiger partial charge is 0.123 e. The van der Waals surface area contributed by atoms with Gasteiger partial charge in [0.1, 0.15) is 5.82 Å². The van der Waals surface area contributed by atoms with E-state index in [0.717, 1.165) is 19.5 Å². The molecule has 1 aliphatic rings. The average Bonchev–Trinajstić information content (AvgIpc) is 2.15. The molecule has 76 valence electrons. The van der Waals surface area contributed by atoms with E-state index in [1.807, 2.05) is 12.1 Å². The van der Waals surface area contributed by atoms with E-state index in [1.165, 1.54) is 12.0 Å². The maximum Gasteiger partial charge on any atom is 0.123 e. The third-order valence-corrected chi connectivity index (χ3v) is 3.24. The van der Waals surface area contributed by atoms with Crippen LogP contribution in [0, 0.1) is 11.2 Å². The van der Waals surface area contributed by atoms with Gasteiger partial charge in [0, 0.05) is 13.1 Å². The van der Waals surface area contributed by atoms with Crippen molar-refractivity contribution in [3.8, 4) is 0 Å². The van der Waals surface area contributed by atoms with Crippen molar-refractivity contribution in [1.29, 1.82) is 0 Å². The zero-order chi connectivity index (χ0) is 10.0. The van der Waals surface area contributed by atoms with Crippen LogP contribution in [0.5, 0.6) is 0 Å². The van der Waals surface area contributed by atoms with E-state index in [0.29, 0.717) is 5.41 Å². The lowest BCUT2D eigenvalue weighted by molar-refractivity contribution is 0.160. The summed E-state index contributed by atoms with van der Waals surface area (Å²) in [7, 11) is 0. The second-order valence-electron chi connectivity index (χ2n) is 4.26. The van der Waals surface area contributed by atoms with Gasteiger partial charge in [-0.15, -0.1) is 0 Å². The molecule has 0 bridgehead atoms. The zero-order valence-electron chi connectivity index (χ0n) is 8.52. The minimum Gasteiger partial charge on any atom is -0.316 e. The molecule has 0 amide bonds. The number of hydrogen-bond acceptors (Lipinski definition) is 1. The van der Waals surface area contributed by atoms with E-state index in [1.54, 1.807) is 12.1 Å². The van der Waals surface area contributed by atoms with Gasteiger partial charge in [-0.2, -0.15) is 0 Å². The van der Waals surface area contributed by atoms with E-state index in [-0.39, 0.29) is 5.82 Å². The maximum absolute atomic E-state index is 12.7. The molecule has 1 saturated heterocycles. The molecule has 0 saturated carbocycles. The monoisotopic (exact) mass is 193 g/mol. The largest absolute Gasteiger partial charge is 0.316 e. The normalized spacial score (nSPS) is 19.0. The Morgan fingerprint density at radius 2 is 1.93 bits per heavy atom. The van der Waals surface area contributed by atoms with Gasteiger partial charge in [0.2, 0.25) is 0 Å². The standard InChI is InChI=1S/C12H16FN/c1-2-12(8-14-9-12)7-10-3-5-11(13)6-4-10/h3-6,14H,2,7-9H2,1H3. The highest BCUT2D eigenvalue weighted by Gasteiger charge is 2.34. The van der Waals surface area contributed by atoms with Crippen molar-refractivity contribution in [1.82, 2.24) is 5.32 Å². The molecule has 0 unspecified atom stereocenters. The predicted octanol–water partition coefficient (Wildman–Crippen LogP) is 2.37. The van der Waals surface area contributed by atoms with Crippen LogP contribution in [0.15, 0.2) is 24.3 Å². The number of rotatable bonds is 3. The Hall–Kier alpha value is -0.890. The molecule has 1 aliphatic heterocycles. The Morgan fingerprint density at radius 1 is 1.29 bits per heavy atom. The second kappa shape index (κ2) is 3.70. The van der Waals surface area contributed by atoms with Gasteiger partial charge in [-0.3, -0.25) is 0 Å². The Labute approximate surface area is 84.3 Å². The lowest BCUT2D eigenvalue weighted by atomic mass is 9.74. The third-order valence-electron chi connectivity index (χ3n) is 3.24. The molecule has 1 N–H and O–H groups in total. The first-order chi connectivity index (χ1) is 6.74. The minimum atomic E-state index is -0.147. The summed E-state index contributed by atoms with van der Waals surface area (Å²) < 4.78 is 12.7. The van der Waals surface area contributed by atoms with Crippen LogP contribution in [0.25, 0.3) is 0 Å². The van der Waals surface area contributed by atoms with Crippen LogP contribution in [0.1, 0.15) is 18.9 Å². The van der Waals surface area contributed by atoms with Crippen molar-refractivity contribution < 1.29 is 4.39 Å². The van der Waals surface area contributed by atoms with Gasteiger partial charge in [0.15, 0.2) is 0 Å². The molecule has 2 rings (SSSR count). The Bertz CT molecular complexity index is 295. The van der Waals surface area contributed by atoms with Crippen LogP contribution in [0.3, 0.4) is 0 Å². The molecular formula is C12H16FN.